The maximum Gasteiger partial charge on any atom is 0.223 e. The number of rotatable bonds is 3. The Bertz CT molecular complexity index is 415. The third kappa shape index (κ3) is 3.29. The van der Waals surface area contributed by atoms with Gasteiger partial charge in [-0.2, -0.15) is 0 Å². The first-order valence-electron chi connectivity index (χ1n) is 8.19. The van der Waals surface area contributed by atoms with Crippen LogP contribution >= 0.6 is 11.8 Å². The Kier molecular flexibility index (Phi) is 4.60. The lowest BCUT2D eigenvalue weighted by atomic mass is 9.82. The van der Waals surface area contributed by atoms with Crippen LogP contribution in [0.4, 0.5) is 0 Å². The molecule has 3 aliphatic heterocycles. The number of piperidine rings is 2. The molecule has 3 fully saturated rings. The van der Waals surface area contributed by atoms with Gasteiger partial charge in [-0.3, -0.25) is 9.59 Å². The molecule has 0 aromatic rings. The molecule has 0 N–H and O–H groups in total. The lowest BCUT2D eigenvalue weighted by Crippen LogP contribution is -2.55. The van der Waals surface area contributed by atoms with Crippen molar-refractivity contribution in [1.29, 1.82) is 0 Å². The van der Waals surface area contributed by atoms with Crippen molar-refractivity contribution in [3.8, 4) is 0 Å². The maximum absolute atomic E-state index is 12.3. The van der Waals surface area contributed by atoms with E-state index in [0.29, 0.717) is 36.4 Å². The van der Waals surface area contributed by atoms with Gasteiger partial charge in [-0.15, -0.1) is 0 Å². The van der Waals surface area contributed by atoms with Gasteiger partial charge in [0, 0.05) is 43.8 Å². The standard InChI is InChI=1S/C16H26N2O2S/c1-11(19)21-10-12-6-16(20)18(9-12)15-7-13-4-3-5-14(8-15)17(13)2/h12-15H,3-10H2,1-2H3/t12?,13-,14+,15?. The maximum atomic E-state index is 12.3. The normalized spacial score (nSPS) is 37.0. The van der Waals surface area contributed by atoms with Crippen molar-refractivity contribution in [3.05, 3.63) is 0 Å². The molecule has 1 amide bonds. The Morgan fingerprint density at radius 3 is 2.52 bits per heavy atom. The molecule has 2 bridgehead atoms. The number of fused-ring (bicyclic) bond motifs is 2. The summed E-state index contributed by atoms with van der Waals surface area (Å²) >= 11 is 1.37. The Morgan fingerprint density at radius 2 is 1.90 bits per heavy atom. The molecule has 4 atom stereocenters. The molecule has 0 radical (unpaired) electrons. The van der Waals surface area contributed by atoms with Gasteiger partial charge >= 0.3 is 0 Å². The number of hydrogen-bond acceptors (Lipinski definition) is 4. The van der Waals surface area contributed by atoms with Crippen LogP contribution in [0.25, 0.3) is 0 Å². The molecule has 0 spiro atoms. The minimum atomic E-state index is 0.162. The highest BCUT2D eigenvalue weighted by Crippen LogP contribution is 2.37. The second-order valence-corrected chi connectivity index (χ2v) is 8.15. The van der Waals surface area contributed by atoms with Crippen molar-refractivity contribution in [2.45, 2.75) is 63.6 Å². The van der Waals surface area contributed by atoms with Crippen molar-refractivity contribution < 1.29 is 9.59 Å². The van der Waals surface area contributed by atoms with Crippen molar-refractivity contribution >= 4 is 22.8 Å². The zero-order chi connectivity index (χ0) is 15.0. The van der Waals surface area contributed by atoms with Gasteiger partial charge in [0.25, 0.3) is 0 Å². The van der Waals surface area contributed by atoms with E-state index in [9.17, 15) is 9.59 Å². The number of carbonyl (C=O) groups is 2. The van der Waals surface area contributed by atoms with E-state index >= 15 is 0 Å². The van der Waals surface area contributed by atoms with Crippen LogP contribution in [0.15, 0.2) is 0 Å². The second-order valence-electron chi connectivity index (χ2n) is 6.95. The summed E-state index contributed by atoms with van der Waals surface area (Å²) in [4.78, 5) is 28.1. The molecule has 4 nitrogen and oxygen atoms in total. The first-order valence-corrected chi connectivity index (χ1v) is 9.18. The largest absolute Gasteiger partial charge is 0.339 e. The van der Waals surface area contributed by atoms with Gasteiger partial charge in [0.2, 0.25) is 5.91 Å². The van der Waals surface area contributed by atoms with Crippen molar-refractivity contribution in [2.75, 3.05) is 19.3 Å². The smallest absolute Gasteiger partial charge is 0.223 e. The van der Waals surface area contributed by atoms with Crippen LogP contribution in [0.5, 0.6) is 0 Å². The van der Waals surface area contributed by atoms with E-state index in [1.807, 2.05) is 0 Å². The van der Waals surface area contributed by atoms with E-state index in [4.69, 9.17) is 0 Å². The van der Waals surface area contributed by atoms with Crippen molar-refractivity contribution in [3.63, 3.8) is 0 Å². The van der Waals surface area contributed by atoms with Gasteiger partial charge in [-0.25, -0.2) is 0 Å². The topological polar surface area (TPSA) is 40.6 Å². The molecule has 3 aliphatic rings. The number of thioether (sulfide) groups is 1. The first kappa shape index (κ1) is 15.3. The molecule has 5 heteroatoms. The fourth-order valence-electron chi connectivity index (χ4n) is 4.35. The van der Waals surface area contributed by atoms with E-state index in [1.165, 1.54) is 31.0 Å². The monoisotopic (exact) mass is 310 g/mol. The van der Waals surface area contributed by atoms with Crippen LogP contribution in [-0.2, 0) is 9.59 Å². The Labute approximate surface area is 131 Å². The predicted octanol–water partition coefficient (Wildman–Crippen LogP) is 2.13. The molecular weight excluding hydrogens is 284 g/mol. The third-order valence-corrected chi connectivity index (χ3v) is 6.56. The predicted molar refractivity (Wildman–Crippen MR) is 85.2 cm³/mol. The lowest BCUT2D eigenvalue weighted by Gasteiger charge is -2.49. The van der Waals surface area contributed by atoms with Crippen LogP contribution in [-0.4, -0.2) is 58.3 Å². The second kappa shape index (κ2) is 6.29. The summed E-state index contributed by atoms with van der Waals surface area (Å²) in [5, 5.41) is 0.162. The highest BCUT2D eigenvalue weighted by molar-refractivity contribution is 8.13. The number of hydrogen-bond donors (Lipinski definition) is 0. The molecule has 0 aromatic heterocycles. The van der Waals surface area contributed by atoms with Crippen LogP contribution in [0.3, 0.4) is 0 Å². The molecule has 21 heavy (non-hydrogen) atoms. The lowest BCUT2D eigenvalue weighted by molar-refractivity contribution is -0.131. The first-order chi connectivity index (χ1) is 10.0. The SMILES string of the molecule is CC(=O)SCC1CC(=O)N(C2C[C@H]3CCC[C@@H](C2)N3C)C1. The van der Waals surface area contributed by atoms with E-state index in [0.717, 1.165) is 25.1 Å². The Hall–Kier alpha value is -0.550. The molecule has 2 unspecified atom stereocenters. The molecule has 0 aromatic carbocycles. The minimum absolute atomic E-state index is 0.162. The van der Waals surface area contributed by atoms with Gasteiger partial charge in [0.1, 0.15) is 0 Å². The van der Waals surface area contributed by atoms with Gasteiger partial charge in [0.15, 0.2) is 5.12 Å². The average Bonchev–Trinajstić information content (AvgIpc) is 2.77. The quantitative estimate of drug-likeness (QED) is 0.801. The summed E-state index contributed by atoms with van der Waals surface area (Å²) in [7, 11) is 2.25. The van der Waals surface area contributed by atoms with Crippen LogP contribution in [0, 0.1) is 5.92 Å². The van der Waals surface area contributed by atoms with Crippen molar-refractivity contribution in [1.82, 2.24) is 9.80 Å². The van der Waals surface area contributed by atoms with Crippen molar-refractivity contribution in [2.24, 2.45) is 5.92 Å². The fraction of sp³-hybridized carbons (Fsp3) is 0.875. The molecule has 0 saturated carbocycles. The van der Waals surface area contributed by atoms with E-state index in [2.05, 4.69) is 16.8 Å². The number of carbonyl (C=O) groups excluding carboxylic acids is 2. The van der Waals surface area contributed by atoms with Gasteiger partial charge in [-0.1, -0.05) is 18.2 Å². The highest BCUT2D eigenvalue weighted by atomic mass is 32.2. The Balaban J connectivity index is 1.59. The van der Waals surface area contributed by atoms with E-state index in [1.54, 1.807) is 6.92 Å². The molecule has 118 valence electrons. The number of likely N-dealkylation sites (tertiary alicyclic amines) is 1. The number of nitrogens with zero attached hydrogens (tertiary/aromatic N) is 2. The zero-order valence-corrected chi connectivity index (χ0v) is 13.9. The summed E-state index contributed by atoms with van der Waals surface area (Å²) in [5.41, 5.74) is 0. The molecule has 0 aliphatic carbocycles. The van der Waals surface area contributed by atoms with Gasteiger partial charge in [0.05, 0.1) is 0 Å². The molecule has 3 saturated heterocycles. The summed E-state index contributed by atoms with van der Waals surface area (Å²) in [5.74, 6) is 1.49. The fourth-order valence-corrected chi connectivity index (χ4v) is 5.04. The zero-order valence-electron chi connectivity index (χ0n) is 13.1. The average molecular weight is 310 g/mol. The number of amides is 1. The highest BCUT2D eigenvalue weighted by Gasteiger charge is 2.42. The summed E-state index contributed by atoms with van der Waals surface area (Å²) in [6.07, 6.45) is 6.85. The van der Waals surface area contributed by atoms with Gasteiger partial charge < -0.3 is 9.80 Å². The van der Waals surface area contributed by atoms with E-state index in [-0.39, 0.29) is 5.12 Å². The summed E-state index contributed by atoms with van der Waals surface area (Å²) < 4.78 is 0. The van der Waals surface area contributed by atoms with E-state index < -0.39 is 0 Å². The van der Waals surface area contributed by atoms with Crippen LogP contribution < -0.4 is 0 Å². The minimum Gasteiger partial charge on any atom is -0.339 e. The third-order valence-electron chi connectivity index (χ3n) is 5.52. The van der Waals surface area contributed by atoms with Gasteiger partial charge in [-0.05, 0) is 38.6 Å². The molecule has 3 rings (SSSR count). The van der Waals surface area contributed by atoms with Crippen LogP contribution in [0.2, 0.25) is 0 Å². The Morgan fingerprint density at radius 1 is 1.24 bits per heavy atom. The molecule has 3 heterocycles. The summed E-state index contributed by atoms with van der Waals surface area (Å²) in [6.45, 7) is 2.48. The van der Waals surface area contributed by atoms with Crippen LogP contribution in [0.1, 0.15) is 45.4 Å². The summed E-state index contributed by atoms with van der Waals surface area (Å²) in [6, 6.07) is 1.78. The molecular formula is C16H26N2O2S.